The first-order valence-corrected chi connectivity index (χ1v) is 7.72. The molecule has 1 fully saturated rings. The summed E-state index contributed by atoms with van der Waals surface area (Å²) >= 11 is 0. The van der Waals surface area contributed by atoms with Crippen molar-refractivity contribution in [3.05, 3.63) is 34.9 Å². The molecular weight excluding hydrogens is 280 g/mol. The lowest BCUT2D eigenvalue weighted by atomic mass is 10.0. The van der Waals surface area contributed by atoms with Crippen LogP contribution in [-0.2, 0) is 9.59 Å². The van der Waals surface area contributed by atoms with E-state index in [0.717, 1.165) is 12.0 Å². The molecule has 22 heavy (non-hydrogen) atoms. The van der Waals surface area contributed by atoms with Crippen LogP contribution in [0.3, 0.4) is 0 Å². The Kier molecular flexibility index (Phi) is 5.19. The zero-order valence-electron chi connectivity index (χ0n) is 13.4. The number of carbonyl (C=O) groups excluding carboxylic acids is 1. The molecule has 0 saturated carbocycles. The highest BCUT2D eigenvalue weighted by atomic mass is 16.4. The molecule has 2 atom stereocenters. The number of carbonyl (C=O) groups is 2. The smallest absolute Gasteiger partial charge is 0.320 e. The van der Waals surface area contributed by atoms with Gasteiger partial charge in [0.15, 0.2) is 0 Å². The highest BCUT2D eigenvalue weighted by molar-refractivity contribution is 5.80. The maximum atomic E-state index is 12.2. The molecule has 0 bridgehead atoms. The molecule has 1 heterocycles. The van der Waals surface area contributed by atoms with Crippen LogP contribution < -0.4 is 5.32 Å². The summed E-state index contributed by atoms with van der Waals surface area (Å²) in [5.41, 5.74) is 3.49. The molecule has 0 aliphatic carbocycles. The van der Waals surface area contributed by atoms with Gasteiger partial charge in [-0.25, -0.2) is 0 Å². The summed E-state index contributed by atoms with van der Waals surface area (Å²) in [5.74, 6) is -0.966. The van der Waals surface area contributed by atoms with Gasteiger partial charge in [0, 0.05) is 0 Å². The summed E-state index contributed by atoms with van der Waals surface area (Å²) in [4.78, 5) is 25.0. The largest absolute Gasteiger partial charge is 0.480 e. The van der Waals surface area contributed by atoms with Gasteiger partial charge in [0.2, 0.25) is 5.91 Å². The number of amides is 1. The van der Waals surface area contributed by atoms with E-state index >= 15 is 0 Å². The zero-order chi connectivity index (χ0) is 16.3. The minimum absolute atomic E-state index is 0.0855. The number of benzene rings is 1. The third-order valence-electron chi connectivity index (χ3n) is 4.40. The Bertz CT molecular complexity index is 571. The number of hydrogen-bond acceptors (Lipinski definition) is 3. The van der Waals surface area contributed by atoms with E-state index in [4.69, 9.17) is 5.11 Å². The van der Waals surface area contributed by atoms with Crippen molar-refractivity contribution in [1.29, 1.82) is 0 Å². The Labute approximate surface area is 131 Å². The Morgan fingerprint density at radius 1 is 1.36 bits per heavy atom. The zero-order valence-corrected chi connectivity index (χ0v) is 13.4. The molecule has 1 saturated heterocycles. The lowest BCUT2D eigenvalue weighted by molar-refractivity contribution is -0.142. The highest BCUT2D eigenvalue weighted by Gasteiger charge is 2.31. The molecule has 5 heteroatoms. The third kappa shape index (κ3) is 3.85. The topological polar surface area (TPSA) is 69.6 Å². The van der Waals surface area contributed by atoms with Crippen molar-refractivity contribution in [2.75, 3.05) is 13.1 Å². The van der Waals surface area contributed by atoms with E-state index in [1.54, 1.807) is 4.90 Å². The first-order valence-electron chi connectivity index (χ1n) is 7.72. The second-order valence-electron chi connectivity index (χ2n) is 6.10. The van der Waals surface area contributed by atoms with Gasteiger partial charge in [-0.05, 0) is 56.8 Å². The van der Waals surface area contributed by atoms with E-state index in [-0.39, 0.29) is 18.5 Å². The molecule has 5 nitrogen and oxygen atoms in total. The molecule has 1 aliphatic rings. The van der Waals surface area contributed by atoms with Gasteiger partial charge in [0.05, 0.1) is 12.6 Å². The van der Waals surface area contributed by atoms with Gasteiger partial charge < -0.3 is 10.4 Å². The lowest BCUT2D eigenvalue weighted by Crippen LogP contribution is -2.43. The summed E-state index contributed by atoms with van der Waals surface area (Å²) in [6, 6.07) is 5.54. The Hall–Kier alpha value is -1.88. The summed E-state index contributed by atoms with van der Waals surface area (Å²) < 4.78 is 0. The van der Waals surface area contributed by atoms with Crippen LogP contribution in [0.5, 0.6) is 0 Å². The van der Waals surface area contributed by atoms with Crippen LogP contribution in [0.4, 0.5) is 0 Å². The third-order valence-corrected chi connectivity index (χ3v) is 4.40. The fourth-order valence-electron chi connectivity index (χ4n) is 2.88. The molecule has 0 unspecified atom stereocenters. The van der Waals surface area contributed by atoms with Gasteiger partial charge in [-0.3, -0.25) is 14.5 Å². The molecule has 1 amide bonds. The molecule has 1 aromatic carbocycles. The number of hydrogen-bond donors (Lipinski definition) is 2. The fraction of sp³-hybridized carbons (Fsp3) is 0.529. The van der Waals surface area contributed by atoms with Gasteiger partial charge in [-0.15, -0.1) is 0 Å². The molecule has 0 radical (unpaired) electrons. The van der Waals surface area contributed by atoms with Crippen molar-refractivity contribution in [2.45, 2.75) is 45.7 Å². The second kappa shape index (κ2) is 6.92. The molecule has 0 aromatic heterocycles. The van der Waals surface area contributed by atoms with Crippen molar-refractivity contribution in [3.8, 4) is 0 Å². The number of carboxylic acid groups (broad SMARTS) is 1. The van der Waals surface area contributed by atoms with E-state index in [0.29, 0.717) is 13.0 Å². The summed E-state index contributed by atoms with van der Waals surface area (Å²) in [7, 11) is 0. The van der Waals surface area contributed by atoms with Crippen molar-refractivity contribution >= 4 is 11.9 Å². The molecule has 1 aliphatic heterocycles. The van der Waals surface area contributed by atoms with Crippen LogP contribution in [0.15, 0.2) is 18.2 Å². The summed E-state index contributed by atoms with van der Waals surface area (Å²) in [5, 5.41) is 12.1. The van der Waals surface area contributed by atoms with E-state index < -0.39 is 12.0 Å². The number of carboxylic acids is 1. The van der Waals surface area contributed by atoms with Crippen LogP contribution in [0.2, 0.25) is 0 Å². The van der Waals surface area contributed by atoms with Gasteiger partial charge in [0.25, 0.3) is 0 Å². The van der Waals surface area contributed by atoms with E-state index in [9.17, 15) is 9.59 Å². The van der Waals surface area contributed by atoms with Crippen molar-refractivity contribution in [2.24, 2.45) is 0 Å². The molecular formula is C17H24N2O3. The van der Waals surface area contributed by atoms with Crippen LogP contribution in [0.25, 0.3) is 0 Å². The lowest BCUT2D eigenvalue weighted by Gasteiger charge is -2.22. The number of likely N-dealkylation sites (tertiary alicyclic amines) is 1. The number of nitrogens with zero attached hydrogens (tertiary/aromatic N) is 1. The standard InChI is InChI=1S/C17H24N2O3/c1-11-6-7-14(9-12(11)2)13(3)18-16(20)10-19-8-4-5-15(19)17(21)22/h6-7,9,13,15H,4-5,8,10H2,1-3H3,(H,18,20)(H,21,22)/t13-,15-/m1/s1. The van der Waals surface area contributed by atoms with Crippen molar-refractivity contribution in [3.63, 3.8) is 0 Å². The first-order chi connectivity index (χ1) is 10.4. The number of rotatable bonds is 5. The quantitative estimate of drug-likeness (QED) is 0.873. The molecule has 2 rings (SSSR count). The minimum Gasteiger partial charge on any atom is -0.480 e. The van der Waals surface area contributed by atoms with Crippen LogP contribution in [0.1, 0.15) is 42.5 Å². The van der Waals surface area contributed by atoms with E-state index in [2.05, 4.69) is 25.2 Å². The molecule has 0 spiro atoms. The summed E-state index contributed by atoms with van der Waals surface area (Å²) in [6.07, 6.45) is 1.45. The van der Waals surface area contributed by atoms with Crippen molar-refractivity contribution < 1.29 is 14.7 Å². The molecule has 120 valence electrons. The van der Waals surface area contributed by atoms with Gasteiger partial charge in [-0.2, -0.15) is 0 Å². The molecule has 2 N–H and O–H groups in total. The van der Waals surface area contributed by atoms with Crippen molar-refractivity contribution in [1.82, 2.24) is 10.2 Å². The average Bonchev–Trinajstić information content (AvgIpc) is 2.89. The SMILES string of the molecule is Cc1ccc([C@@H](C)NC(=O)CN2CCC[C@@H]2C(=O)O)cc1C. The Morgan fingerprint density at radius 2 is 2.09 bits per heavy atom. The Balaban J connectivity index is 1.93. The van der Waals surface area contributed by atoms with Gasteiger partial charge in [0.1, 0.15) is 6.04 Å². The summed E-state index contributed by atoms with van der Waals surface area (Å²) in [6.45, 7) is 6.87. The highest BCUT2D eigenvalue weighted by Crippen LogP contribution is 2.18. The predicted molar refractivity (Wildman–Crippen MR) is 84.7 cm³/mol. The average molecular weight is 304 g/mol. The first kappa shape index (κ1) is 16.5. The number of aliphatic carboxylic acids is 1. The van der Waals surface area contributed by atoms with Gasteiger partial charge in [-0.1, -0.05) is 18.2 Å². The fourth-order valence-corrected chi connectivity index (χ4v) is 2.88. The maximum Gasteiger partial charge on any atom is 0.320 e. The van der Waals surface area contributed by atoms with Crippen LogP contribution in [-0.4, -0.2) is 41.0 Å². The van der Waals surface area contributed by atoms with Crippen LogP contribution in [0, 0.1) is 13.8 Å². The molecule has 1 aromatic rings. The monoisotopic (exact) mass is 304 g/mol. The second-order valence-corrected chi connectivity index (χ2v) is 6.10. The van der Waals surface area contributed by atoms with Gasteiger partial charge >= 0.3 is 5.97 Å². The predicted octanol–water partition coefficient (Wildman–Crippen LogP) is 2.03. The Morgan fingerprint density at radius 3 is 2.73 bits per heavy atom. The minimum atomic E-state index is -0.840. The van der Waals surface area contributed by atoms with E-state index in [1.807, 2.05) is 19.1 Å². The number of aryl methyl sites for hydroxylation is 2. The number of nitrogens with one attached hydrogen (secondary N) is 1. The van der Waals surface area contributed by atoms with E-state index in [1.165, 1.54) is 11.1 Å². The van der Waals surface area contributed by atoms with Crippen LogP contribution >= 0.6 is 0 Å². The maximum absolute atomic E-state index is 12.2. The normalized spacial score (nSPS) is 19.9.